The van der Waals surface area contributed by atoms with E-state index in [1.807, 2.05) is 0 Å². The third kappa shape index (κ3) is 3.52. The normalized spacial score (nSPS) is 27.0. The molecule has 0 amide bonds. The van der Waals surface area contributed by atoms with Crippen LogP contribution in [0, 0.1) is 5.92 Å². The quantitative estimate of drug-likeness (QED) is 0.624. The van der Waals surface area contributed by atoms with E-state index in [0.717, 1.165) is 38.5 Å². The predicted octanol–water partition coefficient (Wildman–Crippen LogP) is -0.0899. The minimum atomic E-state index is 0.318. The fourth-order valence-electron chi connectivity index (χ4n) is 1.68. The monoisotopic (exact) mass is 172 g/mol. The van der Waals surface area contributed by atoms with Crippen molar-refractivity contribution in [3.63, 3.8) is 0 Å². The predicted molar refractivity (Wildman–Crippen MR) is 50.2 cm³/mol. The van der Waals surface area contributed by atoms with E-state index in [4.69, 9.17) is 5.11 Å². The molecule has 0 radical (unpaired) electrons. The molecule has 0 aromatic rings. The van der Waals surface area contributed by atoms with Crippen LogP contribution in [-0.4, -0.2) is 49.3 Å². The molecule has 1 unspecified atom stereocenters. The number of hydrogen-bond acceptors (Lipinski definition) is 3. The first-order valence-electron chi connectivity index (χ1n) is 4.87. The number of hydrogen-bond donors (Lipinski definition) is 2. The fraction of sp³-hybridized carbons (Fsp3) is 1.00. The summed E-state index contributed by atoms with van der Waals surface area (Å²) in [5.74, 6) is 0.742. The molecule has 3 nitrogen and oxygen atoms in total. The molecule has 1 rings (SSSR count). The van der Waals surface area contributed by atoms with E-state index in [0.29, 0.717) is 6.61 Å². The van der Waals surface area contributed by atoms with Crippen LogP contribution in [0.15, 0.2) is 0 Å². The summed E-state index contributed by atoms with van der Waals surface area (Å²) >= 11 is 0. The van der Waals surface area contributed by atoms with Gasteiger partial charge in [-0.3, -0.25) is 0 Å². The maximum atomic E-state index is 8.69. The summed E-state index contributed by atoms with van der Waals surface area (Å²) in [6.45, 7) is 8.16. The highest BCUT2D eigenvalue weighted by Crippen LogP contribution is 2.02. The first kappa shape index (κ1) is 9.96. The van der Waals surface area contributed by atoms with E-state index in [1.54, 1.807) is 0 Å². The van der Waals surface area contributed by atoms with E-state index in [9.17, 15) is 0 Å². The van der Waals surface area contributed by atoms with E-state index < -0.39 is 0 Å². The lowest BCUT2D eigenvalue weighted by atomic mass is 10.2. The van der Waals surface area contributed by atoms with Gasteiger partial charge in [0.25, 0.3) is 0 Å². The third-order valence-electron chi connectivity index (χ3n) is 2.30. The van der Waals surface area contributed by atoms with E-state index >= 15 is 0 Å². The van der Waals surface area contributed by atoms with Crippen molar-refractivity contribution in [3.05, 3.63) is 0 Å². The van der Waals surface area contributed by atoms with Gasteiger partial charge in [-0.25, -0.2) is 0 Å². The summed E-state index contributed by atoms with van der Waals surface area (Å²) in [6.07, 6.45) is 0.909. The van der Waals surface area contributed by atoms with Gasteiger partial charge in [-0.05, 0) is 18.9 Å². The molecule has 0 saturated carbocycles. The first-order chi connectivity index (χ1) is 5.83. The van der Waals surface area contributed by atoms with E-state index in [-0.39, 0.29) is 0 Å². The Labute approximate surface area is 74.8 Å². The van der Waals surface area contributed by atoms with Crippen LogP contribution in [0.25, 0.3) is 0 Å². The van der Waals surface area contributed by atoms with Crippen LogP contribution in [0.1, 0.15) is 13.3 Å². The van der Waals surface area contributed by atoms with Gasteiger partial charge < -0.3 is 15.3 Å². The van der Waals surface area contributed by atoms with Crippen LogP contribution in [0.5, 0.6) is 0 Å². The molecular weight excluding hydrogens is 152 g/mol. The Morgan fingerprint density at radius 2 is 2.42 bits per heavy atom. The van der Waals surface area contributed by atoms with E-state index in [2.05, 4.69) is 17.1 Å². The maximum absolute atomic E-state index is 8.69. The lowest BCUT2D eigenvalue weighted by molar-refractivity contribution is 0.219. The second-order valence-electron chi connectivity index (χ2n) is 3.69. The lowest BCUT2D eigenvalue weighted by Crippen LogP contribution is -2.30. The van der Waals surface area contributed by atoms with Crippen LogP contribution >= 0.6 is 0 Å². The first-order valence-corrected chi connectivity index (χ1v) is 4.87. The Morgan fingerprint density at radius 3 is 3.17 bits per heavy atom. The number of rotatable bonds is 3. The molecule has 0 bridgehead atoms. The van der Waals surface area contributed by atoms with Gasteiger partial charge in [0.05, 0.1) is 0 Å². The molecule has 0 aromatic heterocycles. The van der Waals surface area contributed by atoms with Gasteiger partial charge in [0.2, 0.25) is 0 Å². The zero-order valence-corrected chi connectivity index (χ0v) is 7.92. The standard InChI is InChI=1S/C9H20N2O/c1-9-7-10-3-5-11(8-9)4-2-6-12/h9-10,12H,2-8H2,1H3. The summed E-state index contributed by atoms with van der Waals surface area (Å²) in [5.41, 5.74) is 0. The van der Waals surface area contributed by atoms with Crippen LogP contribution in [0.3, 0.4) is 0 Å². The molecule has 3 heteroatoms. The molecular formula is C9H20N2O. The molecule has 1 aliphatic rings. The van der Waals surface area contributed by atoms with Crippen molar-refractivity contribution in [2.45, 2.75) is 13.3 Å². The molecule has 0 aromatic carbocycles. The highest BCUT2D eigenvalue weighted by molar-refractivity contribution is 4.70. The topological polar surface area (TPSA) is 35.5 Å². The van der Waals surface area contributed by atoms with Crippen molar-refractivity contribution in [1.29, 1.82) is 0 Å². The van der Waals surface area contributed by atoms with Crippen LogP contribution in [0.2, 0.25) is 0 Å². The summed E-state index contributed by atoms with van der Waals surface area (Å²) in [4.78, 5) is 2.43. The van der Waals surface area contributed by atoms with Gasteiger partial charge in [-0.1, -0.05) is 6.92 Å². The second kappa shape index (κ2) is 5.51. The highest BCUT2D eigenvalue weighted by Gasteiger charge is 2.12. The Bertz CT molecular complexity index is 119. The van der Waals surface area contributed by atoms with E-state index in [1.165, 1.54) is 6.54 Å². The zero-order valence-electron chi connectivity index (χ0n) is 7.92. The average Bonchev–Trinajstić information content (AvgIpc) is 2.26. The molecule has 1 atom stereocenters. The largest absolute Gasteiger partial charge is 0.396 e. The lowest BCUT2D eigenvalue weighted by Gasteiger charge is -2.20. The molecule has 1 heterocycles. The second-order valence-corrected chi connectivity index (χ2v) is 3.69. The third-order valence-corrected chi connectivity index (χ3v) is 2.30. The summed E-state index contributed by atoms with van der Waals surface area (Å²) < 4.78 is 0. The number of aliphatic hydroxyl groups excluding tert-OH is 1. The van der Waals surface area contributed by atoms with Crippen molar-refractivity contribution in [2.75, 3.05) is 39.3 Å². The molecule has 1 aliphatic heterocycles. The molecule has 0 aliphatic carbocycles. The van der Waals surface area contributed by atoms with Gasteiger partial charge in [-0.2, -0.15) is 0 Å². The fourth-order valence-corrected chi connectivity index (χ4v) is 1.68. The van der Waals surface area contributed by atoms with Gasteiger partial charge >= 0.3 is 0 Å². The van der Waals surface area contributed by atoms with Crippen molar-refractivity contribution >= 4 is 0 Å². The average molecular weight is 172 g/mol. The minimum Gasteiger partial charge on any atom is -0.396 e. The Kier molecular flexibility index (Phi) is 4.58. The minimum absolute atomic E-state index is 0.318. The molecule has 12 heavy (non-hydrogen) atoms. The van der Waals surface area contributed by atoms with Gasteiger partial charge in [0, 0.05) is 32.8 Å². The van der Waals surface area contributed by atoms with Crippen LogP contribution < -0.4 is 5.32 Å². The molecule has 1 saturated heterocycles. The highest BCUT2D eigenvalue weighted by atomic mass is 16.3. The van der Waals surface area contributed by atoms with Crippen molar-refractivity contribution in [2.24, 2.45) is 5.92 Å². The SMILES string of the molecule is CC1CNCCN(CCCO)C1. The number of aliphatic hydroxyl groups is 1. The Morgan fingerprint density at radius 1 is 1.58 bits per heavy atom. The van der Waals surface area contributed by atoms with Crippen LogP contribution in [-0.2, 0) is 0 Å². The molecule has 0 spiro atoms. The van der Waals surface area contributed by atoms with Gasteiger partial charge in [-0.15, -0.1) is 0 Å². The summed E-state index contributed by atoms with van der Waals surface area (Å²) in [5, 5.41) is 12.1. The van der Waals surface area contributed by atoms with Crippen molar-refractivity contribution in [1.82, 2.24) is 10.2 Å². The molecule has 72 valence electrons. The zero-order chi connectivity index (χ0) is 8.81. The van der Waals surface area contributed by atoms with Gasteiger partial charge in [0.1, 0.15) is 0 Å². The van der Waals surface area contributed by atoms with Crippen molar-refractivity contribution in [3.8, 4) is 0 Å². The smallest absolute Gasteiger partial charge is 0.0443 e. The number of nitrogens with one attached hydrogen (secondary N) is 1. The Balaban J connectivity index is 2.21. The molecule has 1 fully saturated rings. The number of nitrogens with zero attached hydrogens (tertiary/aromatic N) is 1. The summed E-state index contributed by atoms with van der Waals surface area (Å²) in [6, 6.07) is 0. The van der Waals surface area contributed by atoms with Crippen LogP contribution in [0.4, 0.5) is 0 Å². The molecule has 2 N–H and O–H groups in total. The summed E-state index contributed by atoms with van der Waals surface area (Å²) in [7, 11) is 0. The Hall–Kier alpha value is -0.120. The van der Waals surface area contributed by atoms with Crippen molar-refractivity contribution < 1.29 is 5.11 Å². The van der Waals surface area contributed by atoms with Gasteiger partial charge in [0.15, 0.2) is 0 Å². The maximum Gasteiger partial charge on any atom is 0.0443 e.